The Balaban J connectivity index is 1.34. The third-order valence-corrected chi connectivity index (χ3v) is 7.66. The minimum atomic E-state index is 0.186. The summed E-state index contributed by atoms with van der Waals surface area (Å²) in [6.45, 7) is 8.34. The Hall–Kier alpha value is -2.74. The molecule has 33 heavy (non-hydrogen) atoms. The summed E-state index contributed by atoms with van der Waals surface area (Å²) in [7, 11) is 4.08. The first-order valence-electron chi connectivity index (χ1n) is 12.2. The van der Waals surface area contributed by atoms with Crippen molar-refractivity contribution in [3.05, 3.63) is 35.4 Å². The Morgan fingerprint density at radius 3 is 2.61 bits per heavy atom. The largest absolute Gasteiger partial charge is 0.342 e. The van der Waals surface area contributed by atoms with Gasteiger partial charge >= 0.3 is 0 Å². The van der Waals surface area contributed by atoms with Crippen molar-refractivity contribution in [2.45, 2.75) is 64.3 Å². The summed E-state index contributed by atoms with van der Waals surface area (Å²) in [5.41, 5.74) is 6.63. The van der Waals surface area contributed by atoms with Crippen LogP contribution in [0, 0.1) is 12.8 Å². The zero-order valence-corrected chi connectivity index (χ0v) is 20.4. The van der Waals surface area contributed by atoms with Crippen LogP contribution in [0.4, 0.5) is 0 Å². The number of aromatic amines is 1. The van der Waals surface area contributed by atoms with Crippen LogP contribution in [0.1, 0.15) is 68.2 Å². The van der Waals surface area contributed by atoms with Gasteiger partial charge in [0.05, 0.1) is 11.6 Å². The van der Waals surface area contributed by atoms with Crippen molar-refractivity contribution in [2.24, 2.45) is 5.92 Å². The zero-order chi connectivity index (χ0) is 23.3. The smallest absolute Gasteiger partial charge is 0.228 e. The minimum Gasteiger partial charge on any atom is -0.342 e. The van der Waals surface area contributed by atoms with E-state index in [0.717, 1.165) is 61.2 Å². The van der Waals surface area contributed by atoms with Gasteiger partial charge in [-0.3, -0.25) is 9.89 Å². The van der Waals surface area contributed by atoms with Crippen molar-refractivity contribution in [3.63, 3.8) is 0 Å². The van der Waals surface area contributed by atoms with Crippen molar-refractivity contribution in [3.8, 4) is 11.3 Å². The number of nitrogens with zero attached hydrogens (tertiary/aromatic N) is 6. The number of hydrogen-bond acceptors (Lipinski definition) is 5. The molecule has 4 heterocycles. The second-order valence-electron chi connectivity index (χ2n) is 10.4. The molecule has 1 aliphatic carbocycles. The number of fused-ring (bicyclic) bond motifs is 1. The van der Waals surface area contributed by atoms with Gasteiger partial charge in [-0.15, -0.1) is 0 Å². The molecule has 3 aromatic rings. The number of pyridine rings is 1. The third-order valence-electron chi connectivity index (χ3n) is 7.66. The van der Waals surface area contributed by atoms with Gasteiger partial charge in [-0.25, -0.2) is 9.50 Å². The molecule has 0 radical (unpaired) electrons. The van der Waals surface area contributed by atoms with Gasteiger partial charge in [-0.1, -0.05) is 13.8 Å². The highest BCUT2D eigenvalue weighted by Gasteiger charge is 2.36. The van der Waals surface area contributed by atoms with E-state index in [2.05, 4.69) is 54.0 Å². The molecule has 0 spiro atoms. The van der Waals surface area contributed by atoms with Gasteiger partial charge in [0, 0.05) is 55.1 Å². The fourth-order valence-electron chi connectivity index (χ4n) is 5.78. The van der Waals surface area contributed by atoms with Gasteiger partial charge in [-0.2, -0.15) is 10.2 Å². The SMILES string of the molecule is Cc1cc(-c2n[nH]c(C3CCC(N(C)C(=O)C4CN(C)C4)CC3)c2C(C)C)cn2ncnc12. The Bertz CT molecular complexity index is 1150. The molecule has 1 aliphatic heterocycles. The number of amides is 1. The lowest BCUT2D eigenvalue weighted by Crippen LogP contribution is -2.54. The summed E-state index contributed by atoms with van der Waals surface area (Å²) in [6, 6.07) is 2.51. The van der Waals surface area contributed by atoms with E-state index < -0.39 is 0 Å². The summed E-state index contributed by atoms with van der Waals surface area (Å²) < 4.78 is 1.83. The number of hydrogen-bond donors (Lipinski definition) is 1. The molecule has 2 aliphatic rings. The first kappa shape index (κ1) is 22.1. The predicted molar refractivity (Wildman–Crippen MR) is 128 cm³/mol. The van der Waals surface area contributed by atoms with Gasteiger partial charge in [0.15, 0.2) is 5.65 Å². The lowest BCUT2D eigenvalue weighted by atomic mass is 9.80. The van der Waals surface area contributed by atoms with Crippen molar-refractivity contribution in [2.75, 3.05) is 27.2 Å². The van der Waals surface area contributed by atoms with Gasteiger partial charge in [0.2, 0.25) is 5.91 Å². The van der Waals surface area contributed by atoms with Gasteiger partial charge < -0.3 is 9.80 Å². The minimum absolute atomic E-state index is 0.186. The van der Waals surface area contributed by atoms with E-state index in [0.29, 0.717) is 23.8 Å². The molecular formula is C25H35N7O. The predicted octanol–water partition coefficient (Wildman–Crippen LogP) is 3.60. The van der Waals surface area contributed by atoms with Crippen molar-refractivity contribution in [1.82, 2.24) is 34.6 Å². The highest BCUT2D eigenvalue weighted by atomic mass is 16.2. The Morgan fingerprint density at radius 1 is 1.21 bits per heavy atom. The van der Waals surface area contributed by atoms with E-state index >= 15 is 0 Å². The molecule has 8 heteroatoms. The van der Waals surface area contributed by atoms with Gasteiger partial charge in [0.1, 0.15) is 6.33 Å². The van der Waals surface area contributed by atoms with Crippen LogP contribution >= 0.6 is 0 Å². The molecule has 0 atom stereocenters. The summed E-state index contributed by atoms with van der Waals surface area (Å²) >= 11 is 0. The molecule has 1 saturated carbocycles. The molecule has 3 aromatic heterocycles. The number of aryl methyl sites for hydroxylation is 1. The molecule has 1 saturated heterocycles. The number of aromatic nitrogens is 5. The van der Waals surface area contributed by atoms with Crippen LogP contribution in [-0.4, -0.2) is 73.7 Å². The molecule has 8 nitrogen and oxygen atoms in total. The molecule has 176 valence electrons. The maximum absolute atomic E-state index is 12.8. The number of carbonyl (C=O) groups excluding carboxylic acids is 1. The molecular weight excluding hydrogens is 414 g/mol. The molecule has 0 unspecified atom stereocenters. The molecule has 2 fully saturated rings. The van der Waals surface area contributed by atoms with Gasteiger partial charge in [-0.05, 0) is 57.2 Å². The molecule has 1 N–H and O–H groups in total. The number of rotatable bonds is 5. The van der Waals surface area contributed by atoms with Crippen LogP contribution < -0.4 is 0 Å². The average Bonchev–Trinajstić information content (AvgIpc) is 3.43. The highest BCUT2D eigenvalue weighted by Crippen LogP contribution is 2.40. The van der Waals surface area contributed by atoms with Crippen LogP contribution in [0.2, 0.25) is 0 Å². The lowest BCUT2D eigenvalue weighted by Gasteiger charge is -2.41. The Kier molecular flexibility index (Phi) is 5.72. The highest BCUT2D eigenvalue weighted by molar-refractivity contribution is 5.80. The molecule has 5 rings (SSSR count). The van der Waals surface area contributed by atoms with Crippen LogP contribution in [-0.2, 0) is 4.79 Å². The van der Waals surface area contributed by atoms with Crippen molar-refractivity contribution in [1.29, 1.82) is 0 Å². The number of carbonyl (C=O) groups is 1. The van der Waals surface area contributed by atoms with E-state index in [9.17, 15) is 4.79 Å². The van der Waals surface area contributed by atoms with E-state index in [1.807, 2.05) is 22.7 Å². The first-order valence-corrected chi connectivity index (χ1v) is 12.2. The molecule has 0 aromatic carbocycles. The Morgan fingerprint density at radius 2 is 1.94 bits per heavy atom. The van der Waals surface area contributed by atoms with Crippen LogP contribution in [0.3, 0.4) is 0 Å². The summed E-state index contributed by atoms with van der Waals surface area (Å²) in [6.07, 6.45) is 7.87. The number of nitrogens with one attached hydrogen (secondary N) is 1. The zero-order valence-electron chi connectivity index (χ0n) is 20.4. The van der Waals surface area contributed by atoms with E-state index in [4.69, 9.17) is 5.10 Å². The van der Waals surface area contributed by atoms with E-state index in [1.54, 1.807) is 6.33 Å². The third kappa shape index (κ3) is 3.94. The van der Waals surface area contributed by atoms with Crippen molar-refractivity contribution >= 4 is 11.6 Å². The molecule has 1 amide bonds. The van der Waals surface area contributed by atoms with E-state index in [1.165, 1.54) is 11.3 Å². The fourth-order valence-corrected chi connectivity index (χ4v) is 5.78. The summed E-state index contributed by atoms with van der Waals surface area (Å²) in [5, 5.41) is 12.5. The van der Waals surface area contributed by atoms with Crippen molar-refractivity contribution < 1.29 is 4.79 Å². The standard InChI is InChI=1S/C25H35N7O/c1-15(2)21-22(28-29-23(21)18-10-16(3)24-26-14-27-32(24)13-18)17-6-8-20(9-7-17)31(5)25(33)19-11-30(4)12-19/h10,13-15,17,19-20H,6-9,11-12H2,1-5H3,(H,28,29). The fraction of sp³-hybridized carbons (Fsp3) is 0.600. The summed E-state index contributed by atoms with van der Waals surface area (Å²) in [4.78, 5) is 21.4. The van der Waals surface area contributed by atoms with Crippen LogP contribution in [0.25, 0.3) is 16.9 Å². The topological polar surface area (TPSA) is 82.4 Å². The maximum Gasteiger partial charge on any atom is 0.228 e. The maximum atomic E-state index is 12.8. The monoisotopic (exact) mass is 449 g/mol. The first-order chi connectivity index (χ1) is 15.8. The number of likely N-dealkylation sites (tertiary alicyclic amines) is 1. The Labute approximate surface area is 195 Å². The van der Waals surface area contributed by atoms with Crippen LogP contribution in [0.15, 0.2) is 18.6 Å². The quantitative estimate of drug-likeness (QED) is 0.644. The van der Waals surface area contributed by atoms with E-state index in [-0.39, 0.29) is 5.92 Å². The molecule has 0 bridgehead atoms. The lowest BCUT2D eigenvalue weighted by molar-refractivity contribution is -0.141. The average molecular weight is 450 g/mol. The van der Waals surface area contributed by atoms with Gasteiger partial charge in [0.25, 0.3) is 0 Å². The normalized spacial score (nSPS) is 22.1. The van der Waals surface area contributed by atoms with Crippen LogP contribution in [0.5, 0.6) is 0 Å². The second kappa shape index (κ2) is 8.56. The number of H-pyrrole nitrogens is 1. The second-order valence-corrected chi connectivity index (χ2v) is 10.4. The summed E-state index contributed by atoms with van der Waals surface area (Å²) in [5.74, 6) is 1.32.